The molecule has 2 heterocycles. The molecule has 0 unspecified atom stereocenters. The van der Waals surface area contributed by atoms with Crippen molar-refractivity contribution in [3.05, 3.63) is 29.8 Å². The van der Waals surface area contributed by atoms with Gasteiger partial charge in [-0.3, -0.25) is 4.79 Å². The van der Waals surface area contributed by atoms with Gasteiger partial charge in [-0.1, -0.05) is 12.1 Å². The molecule has 1 amide bonds. The molecule has 2 aliphatic rings. The van der Waals surface area contributed by atoms with Crippen LogP contribution in [0.3, 0.4) is 0 Å². The predicted molar refractivity (Wildman–Crippen MR) is 86.8 cm³/mol. The Kier molecular flexibility index (Phi) is 4.36. The van der Waals surface area contributed by atoms with Gasteiger partial charge in [-0.2, -0.15) is 8.42 Å². The molecule has 1 fully saturated rings. The van der Waals surface area contributed by atoms with E-state index in [0.29, 0.717) is 11.4 Å². The highest BCUT2D eigenvalue weighted by molar-refractivity contribution is 7.90. The standard InChI is InChI=1S/C15H20N4O3S/c1-19(10-14(20)17-11-5-4-8-16-9-11)15-12-6-2-3-7-13(12)23(21,22)18-15/h2-3,6-7,11,16H,4-5,8-10H2,1H3,(H,17,20)/t11-/m0/s1. The highest BCUT2D eigenvalue weighted by Gasteiger charge is 2.31. The topological polar surface area (TPSA) is 90.9 Å². The molecule has 0 aliphatic carbocycles. The molecule has 0 aromatic heterocycles. The van der Waals surface area contributed by atoms with E-state index in [1.807, 2.05) is 0 Å². The second kappa shape index (κ2) is 6.29. The van der Waals surface area contributed by atoms with Crippen molar-refractivity contribution in [2.75, 3.05) is 26.7 Å². The van der Waals surface area contributed by atoms with Gasteiger partial charge >= 0.3 is 0 Å². The summed E-state index contributed by atoms with van der Waals surface area (Å²) < 4.78 is 27.9. The molecule has 0 radical (unpaired) electrons. The summed E-state index contributed by atoms with van der Waals surface area (Å²) in [5, 5.41) is 6.21. The zero-order valence-electron chi connectivity index (χ0n) is 12.9. The number of amides is 1. The lowest BCUT2D eigenvalue weighted by Crippen LogP contribution is -2.48. The van der Waals surface area contributed by atoms with Crippen LogP contribution >= 0.6 is 0 Å². The molecule has 1 aromatic rings. The van der Waals surface area contributed by atoms with Crippen molar-refractivity contribution in [2.45, 2.75) is 23.8 Å². The van der Waals surface area contributed by atoms with Gasteiger partial charge in [-0.25, -0.2) is 0 Å². The molecular formula is C15H20N4O3S. The number of rotatable bonds is 3. The van der Waals surface area contributed by atoms with Crippen molar-refractivity contribution in [2.24, 2.45) is 4.40 Å². The second-order valence-corrected chi connectivity index (χ2v) is 7.43. The average Bonchev–Trinajstić information content (AvgIpc) is 2.80. The number of amidine groups is 1. The van der Waals surface area contributed by atoms with E-state index in [2.05, 4.69) is 15.0 Å². The molecule has 0 spiro atoms. The minimum Gasteiger partial charge on any atom is -0.351 e. The fourth-order valence-corrected chi connectivity index (χ4v) is 4.15. The van der Waals surface area contributed by atoms with Gasteiger partial charge in [0.2, 0.25) is 5.91 Å². The summed E-state index contributed by atoms with van der Waals surface area (Å²) in [4.78, 5) is 13.9. The van der Waals surface area contributed by atoms with Crippen LogP contribution in [-0.2, 0) is 14.8 Å². The van der Waals surface area contributed by atoms with E-state index in [9.17, 15) is 13.2 Å². The Labute approximate surface area is 135 Å². The maximum atomic E-state index is 12.2. The average molecular weight is 336 g/mol. The molecule has 1 aromatic carbocycles. The fraction of sp³-hybridized carbons (Fsp3) is 0.467. The highest BCUT2D eigenvalue weighted by atomic mass is 32.2. The van der Waals surface area contributed by atoms with E-state index >= 15 is 0 Å². The fourth-order valence-electron chi connectivity index (χ4n) is 2.90. The number of likely N-dealkylation sites (N-methyl/N-ethyl adjacent to an activating group) is 1. The van der Waals surface area contributed by atoms with Crippen LogP contribution in [0.25, 0.3) is 0 Å². The third-order valence-corrected chi connectivity index (χ3v) is 5.34. The molecule has 23 heavy (non-hydrogen) atoms. The van der Waals surface area contributed by atoms with Crippen molar-refractivity contribution < 1.29 is 13.2 Å². The number of fused-ring (bicyclic) bond motifs is 1. The molecular weight excluding hydrogens is 316 g/mol. The lowest BCUT2D eigenvalue weighted by atomic mass is 10.1. The summed E-state index contributed by atoms with van der Waals surface area (Å²) >= 11 is 0. The van der Waals surface area contributed by atoms with Crippen molar-refractivity contribution in [3.8, 4) is 0 Å². The zero-order valence-corrected chi connectivity index (χ0v) is 13.8. The Hall–Kier alpha value is -1.93. The smallest absolute Gasteiger partial charge is 0.285 e. The number of benzene rings is 1. The van der Waals surface area contributed by atoms with Crippen LogP contribution in [0.15, 0.2) is 33.6 Å². The number of carbonyl (C=O) groups excluding carboxylic acids is 1. The van der Waals surface area contributed by atoms with E-state index in [1.165, 1.54) is 6.07 Å². The Balaban J connectivity index is 1.69. The van der Waals surface area contributed by atoms with Gasteiger partial charge in [0, 0.05) is 25.2 Å². The Morgan fingerprint density at radius 1 is 1.43 bits per heavy atom. The van der Waals surface area contributed by atoms with Crippen LogP contribution in [0.4, 0.5) is 0 Å². The van der Waals surface area contributed by atoms with E-state index < -0.39 is 10.0 Å². The third kappa shape index (κ3) is 3.37. The molecule has 2 aliphatic heterocycles. The molecule has 3 rings (SSSR count). The first kappa shape index (κ1) is 15.9. The van der Waals surface area contributed by atoms with Gasteiger partial charge in [0.1, 0.15) is 4.90 Å². The van der Waals surface area contributed by atoms with Crippen molar-refractivity contribution in [1.82, 2.24) is 15.5 Å². The van der Waals surface area contributed by atoms with E-state index in [0.717, 1.165) is 25.9 Å². The number of hydrogen-bond acceptors (Lipinski definition) is 5. The summed E-state index contributed by atoms with van der Waals surface area (Å²) in [5.74, 6) is 0.184. The summed E-state index contributed by atoms with van der Waals surface area (Å²) in [7, 11) is -1.98. The number of carbonyl (C=O) groups is 1. The zero-order chi connectivity index (χ0) is 16.4. The van der Waals surface area contributed by atoms with Crippen LogP contribution in [-0.4, -0.2) is 57.8 Å². The molecule has 1 saturated heterocycles. The quantitative estimate of drug-likeness (QED) is 0.807. The number of piperidine rings is 1. The number of nitrogens with one attached hydrogen (secondary N) is 2. The summed E-state index contributed by atoms with van der Waals surface area (Å²) in [6.45, 7) is 1.82. The molecule has 2 N–H and O–H groups in total. The maximum Gasteiger partial charge on any atom is 0.285 e. The van der Waals surface area contributed by atoms with Crippen LogP contribution in [0.2, 0.25) is 0 Å². The molecule has 7 nitrogen and oxygen atoms in total. The van der Waals surface area contributed by atoms with Crippen molar-refractivity contribution in [3.63, 3.8) is 0 Å². The van der Waals surface area contributed by atoms with Gasteiger partial charge in [0.25, 0.3) is 10.0 Å². The van der Waals surface area contributed by atoms with Gasteiger partial charge in [0.05, 0.1) is 6.54 Å². The number of nitrogens with zero attached hydrogens (tertiary/aromatic N) is 2. The van der Waals surface area contributed by atoms with Crippen molar-refractivity contribution >= 4 is 21.8 Å². The van der Waals surface area contributed by atoms with Gasteiger partial charge in [-0.05, 0) is 31.5 Å². The van der Waals surface area contributed by atoms with Crippen LogP contribution in [0.5, 0.6) is 0 Å². The van der Waals surface area contributed by atoms with Gasteiger partial charge in [0.15, 0.2) is 5.84 Å². The SMILES string of the molecule is CN(CC(=O)N[C@H]1CCCNC1)C1=NS(=O)(=O)c2ccccc21. The molecule has 124 valence electrons. The van der Waals surface area contributed by atoms with Crippen LogP contribution in [0, 0.1) is 0 Å². The van der Waals surface area contributed by atoms with E-state index in [-0.39, 0.29) is 23.4 Å². The molecule has 0 bridgehead atoms. The maximum absolute atomic E-state index is 12.2. The first-order valence-electron chi connectivity index (χ1n) is 7.63. The lowest BCUT2D eigenvalue weighted by molar-refractivity contribution is -0.122. The second-order valence-electron chi connectivity index (χ2n) is 5.85. The Bertz CT molecular complexity index is 739. The number of hydrogen-bond donors (Lipinski definition) is 2. The highest BCUT2D eigenvalue weighted by Crippen LogP contribution is 2.26. The predicted octanol–water partition coefficient (Wildman–Crippen LogP) is -0.0645. The minimum atomic E-state index is -3.66. The monoisotopic (exact) mass is 336 g/mol. The van der Waals surface area contributed by atoms with E-state index in [1.54, 1.807) is 30.1 Å². The first-order chi connectivity index (χ1) is 11.0. The largest absolute Gasteiger partial charge is 0.351 e. The minimum absolute atomic E-state index is 0.0686. The summed E-state index contributed by atoms with van der Waals surface area (Å²) in [5.41, 5.74) is 0.544. The molecule has 1 atom stereocenters. The van der Waals surface area contributed by atoms with Crippen molar-refractivity contribution in [1.29, 1.82) is 0 Å². The van der Waals surface area contributed by atoms with Crippen LogP contribution < -0.4 is 10.6 Å². The first-order valence-corrected chi connectivity index (χ1v) is 9.07. The Morgan fingerprint density at radius 3 is 2.96 bits per heavy atom. The van der Waals surface area contributed by atoms with Crippen LogP contribution in [0.1, 0.15) is 18.4 Å². The Morgan fingerprint density at radius 2 is 2.22 bits per heavy atom. The van der Waals surface area contributed by atoms with E-state index in [4.69, 9.17) is 0 Å². The third-order valence-electron chi connectivity index (χ3n) is 4.02. The lowest BCUT2D eigenvalue weighted by Gasteiger charge is -2.25. The molecule has 0 saturated carbocycles. The summed E-state index contributed by atoms with van der Waals surface area (Å²) in [6, 6.07) is 6.79. The normalized spacial score (nSPS) is 22.1. The summed E-state index contributed by atoms with van der Waals surface area (Å²) in [6.07, 6.45) is 2.00. The number of sulfonamides is 1. The molecule has 8 heteroatoms. The van der Waals surface area contributed by atoms with Gasteiger partial charge in [-0.15, -0.1) is 4.40 Å². The van der Waals surface area contributed by atoms with Gasteiger partial charge < -0.3 is 15.5 Å².